The predicted molar refractivity (Wildman–Crippen MR) is 98.4 cm³/mol. The van der Waals surface area contributed by atoms with Gasteiger partial charge in [-0.2, -0.15) is 5.10 Å². The second kappa shape index (κ2) is 8.38. The molecule has 0 aromatic heterocycles. The van der Waals surface area contributed by atoms with Crippen molar-refractivity contribution in [2.45, 2.75) is 12.8 Å². The maximum atomic E-state index is 13.2. The number of hydrazone groups is 1. The Morgan fingerprint density at radius 1 is 0.964 bits per heavy atom. The molecule has 0 spiro atoms. The Balaban J connectivity index is 1.65. The molecular weight excluding hydrogens is 370 g/mol. The summed E-state index contributed by atoms with van der Waals surface area (Å²) >= 11 is 0. The maximum absolute atomic E-state index is 13.2. The van der Waals surface area contributed by atoms with Crippen LogP contribution >= 0.6 is 0 Å². The van der Waals surface area contributed by atoms with E-state index in [-0.39, 0.29) is 24.2 Å². The van der Waals surface area contributed by atoms with Crippen LogP contribution in [0.1, 0.15) is 12.8 Å². The van der Waals surface area contributed by atoms with Crippen molar-refractivity contribution >= 4 is 34.8 Å². The van der Waals surface area contributed by atoms with Gasteiger partial charge >= 0.3 is 0 Å². The largest absolute Gasteiger partial charge is 0.324 e. The second-order valence-electron chi connectivity index (χ2n) is 6.02. The van der Waals surface area contributed by atoms with E-state index in [1.807, 2.05) is 0 Å². The maximum Gasteiger partial charge on any atom is 0.271 e. The third-order valence-corrected chi connectivity index (χ3v) is 3.87. The van der Waals surface area contributed by atoms with E-state index < -0.39 is 35.9 Å². The van der Waals surface area contributed by atoms with Crippen molar-refractivity contribution in [3.63, 3.8) is 0 Å². The summed E-state index contributed by atoms with van der Waals surface area (Å²) in [6.45, 7) is -0.414. The van der Waals surface area contributed by atoms with E-state index in [1.54, 1.807) is 0 Å². The van der Waals surface area contributed by atoms with Gasteiger partial charge in [-0.1, -0.05) is 6.07 Å². The van der Waals surface area contributed by atoms with Crippen LogP contribution in [0.5, 0.6) is 0 Å². The van der Waals surface area contributed by atoms with E-state index in [0.29, 0.717) is 5.69 Å². The topological polar surface area (TPSA) is 90.9 Å². The molecule has 1 heterocycles. The zero-order valence-electron chi connectivity index (χ0n) is 14.6. The molecule has 0 aliphatic carbocycles. The molecule has 28 heavy (non-hydrogen) atoms. The lowest BCUT2D eigenvalue weighted by molar-refractivity contribution is -0.135. The summed E-state index contributed by atoms with van der Waals surface area (Å²) < 4.78 is 26.1. The lowest BCUT2D eigenvalue weighted by atomic mass is 10.1. The molecule has 1 aliphatic heterocycles. The summed E-state index contributed by atoms with van der Waals surface area (Å²) in [5, 5.41) is 9.87. The van der Waals surface area contributed by atoms with Crippen LogP contribution in [-0.2, 0) is 14.4 Å². The zero-order valence-corrected chi connectivity index (χ0v) is 14.6. The van der Waals surface area contributed by atoms with Crippen LogP contribution in [0.25, 0.3) is 0 Å². The third-order valence-electron chi connectivity index (χ3n) is 3.87. The van der Waals surface area contributed by atoms with Gasteiger partial charge in [-0.3, -0.25) is 14.4 Å². The van der Waals surface area contributed by atoms with E-state index in [0.717, 1.165) is 11.1 Å². The number of anilines is 2. The first kappa shape index (κ1) is 19.2. The Labute approximate surface area is 159 Å². The van der Waals surface area contributed by atoms with Gasteiger partial charge in [0.2, 0.25) is 11.8 Å². The molecule has 0 radical (unpaired) electrons. The van der Waals surface area contributed by atoms with Gasteiger partial charge in [0.25, 0.3) is 5.91 Å². The number of rotatable bonds is 5. The summed E-state index contributed by atoms with van der Waals surface area (Å²) in [4.78, 5) is 36.4. The molecule has 3 amide bonds. The first-order valence-electron chi connectivity index (χ1n) is 8.41. The minimum absolute atomic E-state index is 0.0168. The van der Waals surface area contributed by atoms with Crippen molar-refractivity contribution in [2.75, 3.05) is 17.2 Å². The SMILES string of the molecule is O=C(CN1N=C(C(=O)Nc2ccc(F)cc2)CCC1=O)Nc1cccc(F)c1. The molecule has 0 bridgehead atoms. The van der Waals surface area contributed by atoms with Gasteiger partial charge in [-0.05, 0) is 42.5 Å². The fourth-order valence-corrected chi connectivity index (χ4v) is 2.53. The molecular formula is C19H16F2N4O3. The van der Waals surface area contributed by atoms with Crippen LogP contribution < -0.4 is 10.6 Å². The molecule has 2 N–H and O–H groups in total. The fraction of sp³-hybridized carbons (Fsp3) is 0.158. The summed E-state index contributed by atoms with van der Waals surface area (Å²) in [5.41, 5.74) is 0.691. The lowest BCUT2D eigenvalue weighted by Crippen LogP contribution is -2.40. The number of carbonyl (C=O) groups excluding carboxylic acids is 3. The van der Waals surface area contributed by atoms with E-state index >= 15 is 0 Å². The fourth-order valence-electron chi connectivity index (χ4n) is 2.53. The van der Waals surface area contributed by atoms with Gasteiger partial charge < -0.3 is 10.6 Å². The number of halogens is 2. The highest BCUT2D eigenvalue weighted by Crippen LogP contribution is 2.14. The average molecular weight is 386 g/mol. The molecule has 144 valence electrons. The Kier molecular flexibility index (Phi) is 5.73. The van der Waals surface area contributed by atoms with Crippen LogP contribution in [0.2, 0.25) is 0 Å². The summed E-state index contributed by atoms with van der Waals surface area (Å²) in [6.07, 6.45) is 0.136. The third kappa shape index (κ3) is 4.97. The first-order valence-corrected chi connectivity index (χ1v) is 8.41. The normalized spacial score (nSPS) is 13.7. The smallest absolute Gasteiger partial charge is 0.271 e. The number of nitrogens with one attached hydrogen (secondary N) is 2. The monoisotopic (exact) mass is 386 g/mol. The number of amides is 3. The van der Waals surface area contributed by atoms with Crippen molar-refractivity contribution in [1.82, 2.24) is 5.01 Å². The van der Waals surface area contributed by atoms with Gasteiger partial charge in [0.05, 0.1) is 0 Å². The molecule has 7 nitrogen and oxygen atoms in total. The molecule has 0 fully saturated rings. The molecule has 2 aromatic rings. The van der Waals surface area contributed by atoms with Gasteiger partial charge in [0, 0.05) is 24.2 Å². The number of carbonyl (C=O) groups is 3. The van der Waals surface area contributed by atoms with E-state index in [9.17, 15) is 23.2 Å². The van der Waals surface area contributed by atoms with Crippen molar-refractivity contribution in [1.29, 1.82) is 0 Å². The van der Waals surface area contributed by atoms with Crippen LogP contribution in [0.4, 0.5) is 20.2 Å². The average Bonchev–Trinajstić information content (AvgIpc) is 2.65. The Morgan fingerprint density at radius 3 is 2.43 bits per heavy atom. The quantitative estimate of drug-likeness (QED) is 0.827. The van der Waals surface area contributed by atoms with Gasteiger partial charge in [-0.15, -0.1) is 0 Å². The zero-order chi connectivity index (χ0) is 20.1. The van der Waals surface area contributed by atoms with Crippen molar-refractivity contribution < 1.29 is 23.2 Å². The number of hydrogen-bond donors (Lipinski definition) is 2. The summed E-state index contributed by atoms with van der Waals surface area (Å²) in [7, 11) is 0. The van der Waals surface area contributed by atoms with E-state index in [2.05, 4.69) is 15.7 Å². The predicted octanol–water partition coefficient (Wildman–Crippen LogP) is 2.52. The van der Waals surface area contributed by atoms with E-state index in [4.69, 9.17) is 0 Å². The van der Waals surface area contributed by atoms with Gasteiger partial charge in [0.1, 0.15) is 23.9 Å². The molecule has 0 saturated carbocycles. The highest BCUT2D eigenvalue weighted by Gasteiger charge is 2.26. The molecule has 1 aliphatic rings. The van der Waals surface area contributed by atoms with Crippen molar-refractivity contribution in [2.24, 2.45) is 5.10 Å². The Morgan fingerprint density at radius 2 is 1.71 bits per heavy atom. The highest BCUT2D eigenvalue weighted by molar-refractivity contribution is 6.43. The van der Waals surface area contributed by atoms with Gasteiger partial charge in [-0.25, -0.2) is 13.8 Å². The Bertz CT molecular complexity index is 944. The minimum Gasteiger partial charge on any atom is -0.324 e. The van der Waals surface area contributed by atoms with Crippen molar-refractivity contribution in [3.8, 4) is 0 Å². The van der Waals surface area contributed by atoms with Crippen LogP contribution in [-0.4, -0.2) is 35.0 Å². The Hall–Kier alpha value is -3.62. The molecule has 3 rings (SSSR count). The van der Waals surface area contributed by atoms with Crippen molar-refractivity contribution in [3.05, 3.63) is 60.2 Å². The van der Waals surface area contributed by atoms with E-state index in [1.165, 1.54) is 42.5 Å². The second-order valence-corrected chi connectivity index (χ2v) is 6.02. The van der Waals surface area contributed by atoms with Crippen LogP contribution in [0.15, 0.2) is 53.6 Å². The van der Waals surface area contributed by atoms with Crippen LogP contribution in [0, 0.1) is 11.6 Å². The first-order chi connectivity index (χ1) is 13.4. The standard InChI is InChI=1S/C19H16F2N4O3/c20-12-4-6-14(7-5-12)23-19(28)16-8-9-18(27)25(24-16)11-17(26)22-15-3-1-2-13(21)10-15/h1-7,10H,8-9,11H2,(H,22,26)(H,23,28). The molecule has 2 aromatic carbocycles. The van der Waals surface area contributed by atoms with Gasteiger partial charge in [0.15, 0.2) is 0 Å². The number of nitrogens with zero attached hydrogens (tertiary/aromatic N) is 2. The molecule has 0 atom stereocenters. The summed E-state index contributed by atoms with van der Waals surface area (Å²) in [5.74, 6) is -2.48. The molecule has 9 heteroatoms. The van der Waals surface area contributed by atoms with Crippen LogP contribution in [0.3, 0.4) is 0 Å². The summed E-state index contributed by atoms with van der Waals surface area (Å²) in [6, 6.07) is 10.5. The minimum atomic E-state index is -0.581. The molecule has 0 unspecified atom stereocenters. The number of benzene rings is 2. The highest BCUT2D eigenvalue weighted by atomic mass is 19.1. The lowest BCUT2D eigenvalue weighted by Gasteiger charge is -2.22. The molecule has 0 saturated heterocycles. The number of hydrogen-bond acceptors (Lipinski definition) is 4.